The standard InChI is InChI=1S/C19H42N3.CHF3O3S/c1-7-11-13-15-17-22(18-16-14-12-8-2)19(20(5)6)21(9-3)10-4;2-1(3,4)8(5,6)7/h7-18H2,1-6H3;(H,5,6,7)/q+1;/p-1. The third-order valence-corrected chi connectivity index (χ3v) is 5.14. The smallest absolute Gasteiger partial charge is 0.485 e. The van der Waals surface area contributed by atoms with Crippen molar-refractivity contribution >= 4 is 16.1 Å². The van der Waals surface area contributed by atoms with E-state index in [1.165, 1.54) is 70.4 Å². The second-order valence-corrected chi connectivity index (χ2v) is 8.75. The summed E-state index contributed by atoms with van der Waals surface area (Å²) in [6.07, 6.45) is 10.7. The summed E-state index contributed by atoms with van der Waals surface area (Å²) in [7, 11) is -1.70. The van der Waals surface area contributed by atoms with Crippen LogP contribution in [0.4, 0.5) is 13.2 Å². The van der Waals surface area contributed by atoms with Gasteiger partial charge in [0.2, 0.25) is 0 Å². The van der Waals surface area contributed by atoms with Crippen molar-refractivity contribution in [2.45, 2.75) is 84.6 Å². The molecule has 0 atom stereocenters. The van der Waals surface area contributed by atoms with Gasteiger partial charge < -0.3 is 4.55 Å². The molecule has 0 aliphatic heterocycles. The Morgan fingerprint density at radius 1 is 0.800 bits per heavy atom. The Hall–Kier alpha value is -1.03. The number of hydrogen-bond acceptors (Lipinski definition) is 3. The van der Waals surface area contributed by atoms with Gasteiger partial charge in [-0.3, -0.25) is 14.4 Å². The number of hydrogen-bond donors (Lipinski definition) is 0. The van der Waals surface area contributed by atoms with Gasteiger partial charge in [0, 0.05) is 0 Å². The Morgan fingerprint density at radius 3 is 1.40 bits per heavy atom. The van der Waals surface area contributed by atoms with Crippen LogP contribution in [0.25, 0.3) is 0 Å². The maximum atomic E-state index is 10.7. The molecule has 0 radical (unpaired) electrons. The number of alkyl halides is 3. The normalized spacial score (nSPS) is 11.5. The predicted octanol–water partition coefficient (Wildman–Crippen LogP) is 4.47. The van der Waals surface area contributed by atoms with E-state index in [1.807, 2.05) is 0 Å². The fourth-order valence-electron chi connectivity index (χ4n) is 3.04. The van der Waals surface area contributed by atoms with E-state index in [9.17, 15) is 13.2 Å². The summed E-state index contributed by atoms with van der Waals surface area (Å²) in [6.45, 7) is 13.7. The first kappa shape index (κ1) is 31.2. The fourth-order valence-corrected chi connectivity index (χ4v) is 3.04. The molecule has 0 aromatic carbocycles. The van der Waals surface area contributed by atoms with Gasteiger partial charge in [0.25, 0.3) is 0 Å². The van der Waals surface area contributed by atoms with E-state index in [0.717, 1.165) is 13.1 Å². The second-order valence-electron chi connectivity index (χ2n) is 7.37. The molecule has 0 amide bonds. The Morgan fingerprint density at radius 2 is 1.17 bits per heavy atom. The van der Waals surface area contributed by atoms with Gasteiger partial charge >= 0.3 is 11.5 Å². The van der Waals surface area contributed by atoms with E-state index < -0.39 is 15.6 Å². The highest BCUT2D eigenvalue weighted by Crippen LogP contribution is 2.20. The SMILES string of the molecule is CCCCCCN(CCCCCC)C(N(CC)CC)=[N+](C)C.O=S(=O)([O-])C(F)(F)F. The summed E-state index contributed by atoms with van der Waals surface area (Å²) >= 11 is 0. The van der Waals surface area contributed by atoms with Crippen molar-refractivity contribution in [2.75, 3.05) is 40.3 Å². The van der Waals surface area contributed by atoms with Crippen LogP contribution in [0.15, 0.2) is 0 Å². The van der Waals surface area contributed by atoms with Crippen LogP contribution in [0.5, 0.6) is 0 Å². The van der Waals surface area contributed by atoms with Gasteiger partial charge in [-0.15, -0.1) is 0 Å². The summed E-state index contributed by atoms with van der Waals surface area (Å²) in [6, 6.07) is 0. The van der Waals surface area contributed by atoms with Crippen LogP contribution in [-0.4, -0.2) is 79.1 Å². The molecule has 0 aliphatic carbocycles. The minimum absolute atomic E-state index is 1.09. The molecule has 6 nitrogen and oxygen atoms in total. The average Bonchev–Trinajstić information content (AvgIpc) is 2.64. The summed E-state index contributed by atoms with van der Waals surface area (Å²) in [5.41, 5.74) is -5.65. The fraction of sp³-hybridized carbons (Fsp3) is 0.950. The number of rotatable bonds is 12. The first-order valence-corrected chi connectivity index (χ1v) is 12.3. The monoisotopic (exact) mass is 461 g/mol. The number of nitrogens with zero attached hydrogens (tertiary/aromatic N) is 3. The number of halogens is 3. The summed E-state index contributed by atoms with van der Waals surface area (Å²) in [5.74, 6) is 1.41. The van der Waals surface area contributed by atoms with Gasteiger partial charge in [-0.1, -0.05) is 52.4 Å². The van der Waals surface area contributed by atoms with Crippen LogP contribution in [0.3, 0.4) is 0 Å². The molecule has 10 heteroatoms. The van der Waals surface area contributed by atoms with Crippen molar-refractivity contribution in [2.24, 2.45) is 0 Å². The maximum absolute atomic E-state index is 10.7. The molecule has 182 valence electrons. The van der Waals surface area contributed by atoms with E-state index in [1.54, 1.807) is 0 Å². The van der Waals surface area contributed by atoms with Crippen LogP contribution in [0, 0.1) is 0 Å². The van der Waals surface area contributed by atoms with E-state index in [2.05, 4.69) is 56.2 Å². The van der Waals surface area contributed by atoms with Crippen LogP contribution >= 0.6 is 0 Å². The molecule has 0 fully saturated rings. The van der Waals surface area contributed by atoms with Crippen molar-refractivity contribution < 1.29 is 30.7 Å². The van der Waals surface area contributed by atoms with Crippen LogP contribution < -0.4 is 0 Å². The molecule has 0 saturated heterocycles. The molecule has 0 rings (SSSR count). The lowest BCUT2D eigenvalue weighted by Crippen LogP contribution is -2.49. The molecule has 0 N–H and O–H groups in total. The molecule has 0 aromatic rings. The Balaban J connectivity index is 0. The highest BCUT2D eigenvalue weighted by atomic mass is 32.2. The molecule has 30 heavy (non-hydrogen) atoms. The molecular formula is C20H42F3N3O3S. The first-order chi connectivity index (χ1) is 13.9. The zero-order chi connectivity index (χ0) is 23.8. The highest BCUT2D eigenvalue weighted by molar-refractivity contribution is 7.86. The molecule has 0 spiro atoms. The largest absolute Gasteiger partial charge is 0.741 e. The van der Waals surface area contributed by atoms with Gasteiger partial charge in [-0.2, -0.15) is 13.2 Å². The molecule has 0 heterocycles. The van der Waals surface area contributed by atoms with Crippen molar-refractivity contribution in [1.82, 2.24) is 9.80 Å². The molecular weight excluding hydrogens is 419 g/mol. The second kappa shape index (κ2) is 16.6. The maximum Gasteiger partial charge on any atom is 0.485 e. The van der Waals surface area contributed by atoms with E-state index in [4.69, 9.17) is 13.0 Å². The van der Waals surface area contributed by atoms with E-state index in [0.29, 0.717) is 0 Å². The van der Waals surface area contributed by atoms with Gasteiger partial charge in [0.05, 0.1) is 40.3 Å². The van der Waals surface area contributed by atoms with Crippen molar-refractivity contribution in [1.29, 1.82) is 0 Å². The lowest BCUT2D eigenvalue weighted by atomic mass is 10.1. The third-order valence-electron chi connectivity index (χ3n) is 4.58. The van der Waals surface area contributed by atoms with Gasteiger partial charge in [0.15, 0.2) is 10.1 Å². The van der Waals surface area contributed by atoms with Crippen molar-refractivity contribution in [3.05, 3.63) is 0 Å². The van der Waals surface area contributed by atoms with Crippen molar-refractivity contribution in [3.63, 3.8) is 0 Å². The predicted molar refractivity (Wildman–Crippen MR) is 116 cm³/mol. The Labute approximate surface area is 181 Å². The van der Waals surface area contributed by atoms with Crippen LogP contribution in [0.2, 0.25) is 0 Å². The molecule has 0 aromatic heterocycles. The van der Waals surface area contributed by atoms with Gasteiger partial charge in [-0.05, 0) is 26.7 Å². The van der Waals surface area contributed by atoms with E-state index >= 15 is 0 Å². The zero-order valence-corrected chi connectivity index (χ0v) is 20.4. The number of guanidine groups is 1. The summed E-state index contributed by atoms with van der Waals surface area (Å²) < 4.78 is 61.2. The topological polar surface area (TPSA) is 66.7 Å². The Bertz CT molecular complexity index is 547. The molecule has 0 bridgehead atoms. The average molecular weight is 462 g/mol. The summed E-state index contributed by atoms with van der Waals surface area (Å²) in [4.78, 5) is 5.14. The molecule has 0 unspecified atom stereocenters. The van der Waals surface area contributed by atoms with Gasteiger partial charge in [-0.25, -0.2) is 8.42 Å². The quantitative estimate of drug-likeness (QED) is 0.107. The number of unbranched alkanes of at least 4 members (excludes halogenated alkanes) is 6. The highest BCUT2D eigenvalue weighted by Gasteiger charge is 2.36. The summed E-state index contributed by atoms with van der Waals surface area (Å²) in [5, 5.41) is 0. The first-order valence-electron chi connectivity index (χ1n) is 10.9. The van der Waals surface area contributed by atoms with Crippen LogP contribution in [-0.2, 0) is 10.1 Å². The minimum Gasteiger partial charge on any atom is -0.741 e. The van der Waals surface area contributed by atoms with Gasteiger partial charge in [0.1, 0.15) is 0 Å². The van der Waals surface area contributed by atoms with E-state index in [-0.39, 0.29) is 0 Å². The molecule has 0 aliphatic rings. The third kappa shape index (κ3) is 14.1. The lowest BCUT2D eigenvalue weighted by Gasteiger charge is -2.28. The lowest BCUT2D eigenvalue weighted by molar-refractivity contribution is -0.476. The van der Waals surface area contributed by atoms with Crippen LogP contribution in [0.1, 0.15) is 79.1 Å². The minimum atomic E-state index is -6.09. The zero-order valence-electron chi connectivity index (χ0n) is 19.6. The Kier molecular flexibility index (Phi) is 17.3. The van der Waals surface area contributed by atoms with Crippen molar-refractivity contribution in [3.8, 4) is 0 Å². The molecule has 0 saturated carbocycles.